The molecule has 1 atom stereocenters. The first-order chi connectivity index (χ1) is 8.27. The predicted molar refractivity (Wildman–Crippen MR) is 66.9 cm³/mol. The summed E-state index contributed by atoms with van der Waals surface area (Å²) in [6.07, 6.45) is 0. The minimum atomic E-state index is -2.37. The number of hydrogen-bond acceptors (Lipinski definition) is 3. The number of benzene rings is 2. The second-order valence-corrected chi connectivity index (χ2v) is 3.84. The third kappa shape index (κ3) is 3.13. The van der Waals surface area contributed by atoms with E-state index in [1.807, 2.05) is 36.4 Å². The average Bonchev–Trinajstić information content (AvgIpc) is 2.38. The molecule has 2 aromatic rings. The van der Waals surface area contributed by atoms with Gasteiger partial charge < -0.3 is 0 Å². The van der Waals surface area contributed by atoms with Crippen molar-refractivity contribution in [2.75, 3.05) is 5.06 Å². The van der Waals surface area contributed by atoms with Crippen molar-refractivity contribution in [3.8, 4) is 0 Å². The minimum Gasteiger partial charge on any atom is -0.282 e. The van der Waals surface area contributed by atoms with Crippen molar-refractivity contribution in [3.63, 3.8) is 0 Å². The van der Waals surface area contributed by atoms with Gasteiger partial charge in [0.1, 0.15) is 0 Å². The van der Waals surface area contributed by atoms with Crippen LogP contribution in [-0.4, -0.2) is 8.76 Å². The quantitative estimate of drug-likeness (QED) is 0.668. The van der Waals surface area contributed by atoms with Crippen molar-refractivity contribution in [2.24, 2.45) is 0 Å². The van der Waals surface area contributed by atoms with Gasteiger partial charge in [0.05, 0.1) is 11.4 Å². The standard InChI is InChI=1S/C12H11NO3S/c14-17(15)16-13(11-7-3-1-4-8-11)12-9-5-2-6-10-12/h1-10H,(H,14,15). The molecule has 5 heteroatoms. The lowest BCUT2D eigenvalue weighted by Crippen LogP contribution is -2.18. The lowest BCUT2D eigenvalue weighted by Gasteiger charge is -2.20. The van der Waals surface area contributed by atoms with Crippen molar-refractivity contribution < 1.29 is 13.0 Å². The second kappa shape index (κ2) is 5.58. The Morgan fingerprint density at radius 1 is 0.882 bits per heavy atom. The Labute approximate surface area is 102 Å². The summed E-state index contributed by atoms with van der Waals surface area (Å²) in [5.41, 5.74) is 1.36. The molecule has 0 bridgehead atoms. The molecule has 0 aliphatic carbocycles. The van der Waals surface area contributed by atoms with Crippen LogP contribution in [0.5, 0.6) is 0 Å². The number of rotatable bonds is 4. The third-order valence-corrected chi connectivity index (χ3v) is 2.40. The zero-order chi connectivity index (χ0) is 12.1. The van der Waals surface area contributed by atoms with Gasteiger partial charge in [-0.2, -0.15) is 4.21 Å². The molecule has 88 valence electrons. The molecule has 0 fully saturated rings. The van der Waals surface area contributed by atoms with Crippen LogP contribution in [0.4, 0.5) is 11.4 Å². The van der Waals surface area contributed by atoms with E-state index in [0.717, 1.165) is 0 Å². The van der Waals surface area contributed by atoms with Crippen molar-refractivity contribution in [1.29, 1.82) is 0 Å². The Balaban J connectivity index is 2.36. The van der Waals surface area contributed by atoms with Crippen LogP contribution >= 0.6 is 0 Å². The Kier molecular flexibility index (Phi) is 3.87. The minimum absolute atomic E-state index is 0.682. The van der Waals surface area contributed by atoms with Crippen LogP contribution in [0.3, 0.4) is 0 Å². The summed E-state index contributed by atoms with van der Waals surface area (Å²) in [6, 6.07) is 18.2. The highest BCUT2D eigenvalue weighted by atomic mass is 32.2. The van der Waals surface area contributed by atoms with E-state index in [-0.39, 0.29) is 0 Å². The molecular weight excluding hydrogens is 238 g/mol. The molecule has 0 radical (unpaired) electrons. The molecule has 0 saturated carbocycles. The van der Waals surface area contributed by atoms with Gasteiger partial charge in [-0.25, -0.2) is 5.06 Å². The Morgan fingerprint density at radius 3 is 1.65 bits per heavy atom. The Bertz CT molecular complexity index is 450. The van der Waals surface area contributed by atoms with Crippen molar-refractivity contribution in [1.82, 2.24) is 0 Å². The summed E-state index contributed by atoms with van der Waals surface area (Å²) in [6.45, 7) is 0. The molecular formula is C12H11NO3S. The van der Waals surface area contributed by atoms with E-state index in [9.17, 15) is 4.21 Å². The van der Waals surface area contributed by atoms with Crippen LogP contribution in [0.25, 0.3) is 0 Å². The first kappa shape index (κ1) is 11.8. The van der Waals surface area contributed by atoms with Gasteiger partial charge in [0, 0.05) is 0 Å². The maximum atomic E-state index is 10.8. The molecule has 0 aromatic heterocycles. The van der Waals surface area contributed by atoms with E-state index in [0.29, 0.717) is 11.4 Å². The lowest BCUT2D eigenvalue weighted by atomic mass is 10.2. The van der Waals surface area contributed by atoms with E-state index in [1.54, 1.807) is 24.3 Å². The van der Waals surface area contributed by atoms with Crippen molar-refractivity contribution in [3.05, 3.63) is 60.7 Å². The van der Waals surface area contributed by atoms with Gasteiger partial charge in [-0.3, -0.25) is 4.55 Å². The SMILES string of the molecule is O=S(O)ON(c1ccccc1)c1ccccc1. The van der Waals surface area contributed by atoms with E-state index in [1.165, 1.54) is 5.06 Å². The molecule has 2 rings (SSSR count). The zero-order valence-electron chi connectivity index (χ0n) is 8.89. The molecule has 0 heterocycles. The Hall–Kier alpha value is -1.69. The molecule has 0 aliphatic heterocycles. The van der Waals surface area contributed by atoms with Gasteiger partial charge in [0.2, 0.25) is 0 Å². The highest BCUT2D eigenvalue weighted by molar-refractivity contribution is 7.74. The predicted octanol–water partition coefficient (Wildman–Crippen LogP) is 2.89. The summed E-state index contributed by atoms with van der Waals surface area (Å²) in [5.74, 6) is 0. The Morgan fingerprint density at radius 2 is 1.29 bits per heavy atom. The van der Waals surface area contributed by atoms with Crippen LogP contribution in [0.2, 0.25) is 0 Å². The van der Waals surface area contributed by atoms with Gasteiger partial charge in [-0.1, -0.05) is 36.4 Å². The number of anilines is 2. The average molecular weight is 249 g/mol. The van der Waals surface area contributed by atoms with Gasteiger partial charge in [-0.15, -0.1) is 4.28 Å². The summed E-state index contributed by atoms with van der Waals surface area (Å²) in [4.78, 5) is 0. The molecule has 0 spiro atoms. The van der Waals surface area contributed by atoms with E-state index in [4.69, 9.17) is 8.84 Å². The maximum Gasteiger partial charge on any atom is 0.325 e. The third-order valence-electron chi connectivity index (χ3n) is 2.12. The van der Waals surface area contributed by atoms with Gasteiger partial charge in [0.15, 0.2) is 0 Å². The van der Waals surface area contributed by atoms with Crippen LogP contribution in [-0.2, 0) is 15.6 Å². The van der Waals surface area contributed by atoms with Gasteiger partial charge >= 0.3 is 11.4 Å². The van der Waals surface area contributed by atoms with Gasteiger partial charge in [-0.05, 0) is 24.3 Å². The van der Waals surface area contributed by atoms with E-state index < -0.39 is 11.4 Å². The normalized spacial score (nSPS) is 12.1. The summed E-state index contributed by atoms with van der Waals surface area (Å²) >= 11 is -2.37. The number of para-hydroxylation sites is 2. The fraction of sp³-hybridized carbons (Fsp3) is 0. The van der Waals surface area contributed by atoms with Crippen LogP contribution in [0, 0.1) is 0 Å². The summed E-state index contributed by atoms with van der Waals surface area (Å²) < 4.78 is 24.5. The fourth-order valence-electron chi connectivity index (χ4n) is 1.43. The number of hydrogen-bond donors (Lipinski definition) is 1. The summed E-state index contributed by atoms with van der Waals surface area (Å²) in [5, 5.41) is 1.32. The highest BCUT2D eigenvalue weighted by Gasteiger charge is 2.12. The molecule has 2 aromatic carbocycles. The van der Waals surface area contributed by atoms with Crippen LogP contribution in [0.1, 0.15) is 0 Å². The molecule has 0 aliphatic rings. The molecule has 17 heavy (non-hydrogen) atoms. The molecule has 1 unspecified atom stereocenters. The fourth-order valence-corrected chi connectivity index (χ4v) is 1.73. The zero-order valence-corrected chi connectivity index (χ0v) is 9.71. The summed E-state index contributed by atoms with van der Waals surface area (Å²) in [7, 11) is 0. The van der Waals surface area contributed by atoms with E-state index in [2.05, 4.69) is 0 Å². The second-order valence-electron chi connectivity index (χ2n) is 3.26. The highest BCUT2D eigenvalue weighted by Crippen LogP contribution is 2.25. The first-order valence-corrected chi connectivity index (χ1v) is 6.00. The maximum absolute atomic E-state index is 10.8. The van der Waals surface area contributed by atoms with Gasteiger partial charge in [0.25, 0.3) is 0 Å². The number of nitrogens with zero attached hydrogens (tertiary/aromatic N) is 1. The van der Waals surface area contributed by atoms with E-state index >= 15 is 0 Å². The topological polar surface area (TPSA) is 49.8 Å². The largest absolute Gasteiger partial charge is 0.325 e. The van der Waals surface area contributed by atoms with Crippen molar-refractivity contribution in [2.45, 2.75) is 0 Å². The first-order valence-electron chi connectivity index (χ1n) is 4.97. The van der Waals surface area contributed by atoms with Crippen LogP contribution < -0.4 is 5.06 Å². The van der Waals surface area contributed by atoms with Crippen LogP contribution in [0.15, 0.2) is 60.7 Å². The van der Waals surface area contributed by atoms with Crippen molar-refractivity contribution >= 4 is 22.7 Å². The molecule has 0 amide bonds. The lowest BCUT2D eigenvalue weighted by molar-refractivity contribution is 0.312. The molecule has 1 N–H and O–H groups in total. The molecule has 0 saturated heterocycles. The molecule has 4 nitrogen and oxygen atoms in total. The monoisotopic (exact) mass is 249 g/mol. The smallest absolute Gasteiger partial charge is 0.282 e.